The van der Waals surface area contributed by atoms with Crippen LogP contribution in [0, 0.1) is 6.92 Å². The summed E-state index contributed by atoms with van der Waals surface area (Å²) in [5.74, 6) is 1.57. The van der Waals surface area contributed by atoms with E-state index >= 15 is 0 Å². The SMILES string of the molecule is COc1ccc(CC(=O)Nc2ccc3oc(C(=O)c4ccc(OC)c(OC)c4)c(C)c3c2)cc1. The molecule has 3 aromatic carbocycles. The molecule has 34 heavy (non-hydrogen) atoms. The summed E-state index contributed by atoms with van der Waals surface area (Å²) in [6.07, 6.45) is 0.232. The first-order valence-corrected chi connectivity index (χ1v) is 10.7. The zero-order valence-corrected chi connectivity index (χ0v) is 19.4. The van der Waals surface area contributed by atoms with E-state index in [1.807, 2.05) is 37.3 Å². The fraction of sp³-hybridized carbons (Fsp3) is 0.185. The van der Waals surface area contributed by atoms with Crippen LogP contribution in [0.2, 0.25) is 0 Å². The van der Waals surface area contributed by atoms with Gasteiger partial charge in [0.05, 0.1) is 27.8 Å². The second kappa shape index (κ2) is 9.70. The third kappa shape index (κ3) is 4.59. The number of hydrogen-bond acceptors (Lipinski definition) is 6. The number of furan rings is 1. The zero-order valence-electron chi connectivity index (χ0n) is 19.4. The second-order valence-electron chi connectivity index (χ2n) is 7.74. The lowest BCUT2D eigenvalue weighted by Gasteiger charge is -2.08. The number of ketones is 1. The van der Waals surface area contributed by atoms with Gasteiger partial charge in [-0.3, -0.25) is 9.59 Å². The van der Waals surface area contributed by atoms with Crippen molar-refractivity contribution in [1.82, 2.24) is 0 Å². The van der Waals surface area contributed by atoms with Crippen molar-refractivity contribution in [2.24, 2.45) is 0 Å². The van der Waals surface area contributed by atoms with Gasteiger partial charge >= 0.3 is 0 Å². The van der Waals surface area contributed by atoms with Gasteiger partial charge < -0.3 is 23.9 Å². The number of aryl methyl sites for hydroxylation is 1. The number of methoxy groups -OCH3 is 3. The van der Waals surface area contributed by atoms with Gasteiger partial charge in [0.1, 0.15) is 11.3 Å². The molecule has 7 nitrogen and oxygen atoms in total. The Labute approximate surface area is 197 Å². The van der Waals surface area contributed by atoms with E-state index in [1.54, 1.807) is 37.4 Å². The van der Waals surface area contributed by atoms with Crippen LogP contribution in [-0.2, 0) is 11.2 Å². The minimum absolute atomic E-state index is 0.146. The van der Waals surface area contributed by atoms with Gasteiger partial charge in [0.15, 0.2) is 17.3 Å². The van der Waals surface area contributed by atoms with E-state index in [-0.39, 0.29) is 23.9 Å². The molecule has 0 saturated heterocycles. The van der Waals surface area contributed by atoms with Gasteiger partial charge in [0.2, 0.25) is 11.7 Å². The van der Waals surface area contributed by atoms with Gasteiger partial charge in [-0.15, -0.1) is 0 Å². The second-order valence-corrected chi connectivity index (χ2v) is 7.74. The molecule has 0 spiro atoms. The number of carbonyl (C=O) groups excluding carboxylic acids is 2. The molecule has 1 heterocycles. The number of nitrogens with one attached hydrogen (secondary N) is 1. The van der Waals surface area contributed by atoms with Crippen molar-refractivity contribution in [2.45, 2.75) is 13.3 Å². The fourth-order valence-corrected chi connectivity index (χ4v) is 3.76. The molecular weight excluding hydrogens is 434 g/mol. The molecule has 7 heteroatoms. The van der Waals surface area contributed by atoms with E-state index in [0.717, 1.165) is 16.7 Å². The number of fused-ring (bicyclic) bond motifs is 1. The lowest BCUT2D eigenvalue weighted by Crippen LogP contribution is -2.14. The standard InChI is InChI=1S/C27H25NO6/c1-16-21-15-19(28-25(29)13-17-5-9-20(31-2)10-6-17)8-12-22(21)34-27(16)26(30)18-7-11-23(32-3)24(14-18)33-4/h5-12,14-15H,13H2,1-4H3,(H,28,29). The minimum Gasteiger partial charge on any atom is -0.497 e. The Hall–Kier alpha value is -4.26. The van der Waals surface area contributed by atoms with Crippen LogP contribution in [0.5, 0.6) is 17.2 Å². The summed E-state index contributed by atoms with van der Waals surface area (Å²) in [7, 11) is 4.65. The monoisotopic (exact) mass is 459 g/mol. The quantitative estimate of drug-likeness (QED) is 0.366. The van der Waals surface area contributed by atoms with Gasteiger partial charge in [-0.1, -0.05) is 12.1 Å². The highest BCUT2D eigenvalue weighted by molar-refractivity contribution is 6.11. The van der Waals surface area contributed by atoms with Crippen LogP contribution in [0.4, 0.5) is 5.69 Å². The van der Waals surface area contributed by atoms with Crippen LogP contribution in [0.15, 0.2) is 65.1 Å². The van der Waals surface area contributed by atoms with Crippen molar-refractivity contribution in [3.05, 3.63) is 83.1 Å². The zero-order chi connectivity index (χ0) is 24.2. The summed E-state index contributed by atoms with van der Waals surface area (Å²) in [6, 6.07) is 17.6. The summed E-state index contributed by atoms with van der Waals surface area (Å²) in [6.45, 7) is 1.82. The number of anilines is 1. The smallest absolute Gasteiger partial charge is 0.228 e. The largest absolute Gasteiger partial charge is 0.497 e. The Balaban J connectivity index is 1.55. The number of benzene rings is 3. The highest BCUT2D eigenvalue weighted by atomic mass is 16.5. The Morgan fingerprint density at radius 2 is 1.59 bits per heavy atom. The van der Waals surface area contributed by atoms with Crippen LogP contribution in [0.25, 0.3) is 11.0 Å². The molecule has 0 bridgehead atoms. The van der Waals surface area contributed by atoms with Gasteiger partial charge in [-0.05, 0) is 61.0 Å². The normalized spacial score (nSPS) is 10.7. The van der Waals surface area contributed by atoms with Crippen LogP contribution >= 0.6 is 0 Å². The third-order valence-corrected chi connectivity index (χ3v) is 5.60. The summed E-state index contributed by atoms with van der Waals surface area (Å²) < 4.78 is 21.6. The molecule has 0 saturated carbocycles. The molecule has 0 aliphatic carbocycles. The van der Waals surface area contributed by atoms with E-state index in [4.69, 9.17) is 18.6 Å². The number of rotatable bonds is 8. The average molecular weight is 459 g/mol. The van der Waals surface area contributed by atoms with E-state index in [9.17, 15) is 9.59 Å². The molecule has 0 aliphatic heterocycles. The van der Waals surface area contributed by atoms with E-state index in [0.29, 0.717) is 33.9 Å². The van der Waals surface area contributed by atoms with Crippen LogP contribution < -0.4 is 19.5 Å². The predicted molar refractivity (Wildman–Crippen MR) is 129 cm³/mol. The minimum atomic E-state index is -0.264. The Bertz CT molecular complexity index is 1350. The first kappa shape index (κ1) is 22.9. The molecule has 0 aliphatic rings. The maximum Gasteiger partial charge on any atom is 0.228 e. The van der Waals surface area contributed by atoms with Crippen LogP contribution in [0.3, 0.4) is 0 Å². The van der Waals surface area contributed by atoms with Crippen molar-refractivity contribution in [2.75, 3.05) is 26.6 Å². The molecule has 1 amide bonds. The molecule has 0 unspecified atom stereocenters. The van der Waals surface area contributed by atoms with Crippen molar-refractivity contribution in [3.8, 4) is 17.2 Å². The number of carbonyl (C=O) groups is 2. The number of hydrogen-bond donors (Lipinski definition) is 1. The lowest BCUT2D eigenvalue weighted by molar-refractivity contribution is -0.115. The number of ether oxygens (including phenoxy) is 3. The third-order valence-electron chi connectivity index (χ3n) is 5.60. The molecule has 4 aromatic rings. The van der Waals surface area contributed by atoms with Gasteiger partial charge in [-0.25, -0.2) is 0 Å². The van der Waals surface area contributed by atoms with Crippen molar-refractivity contribution in [3.63, 3.8) is 0 Å². The first-order chi connectivity index (χ1) is 16.4. The molecule has 0 atom stereocenters. The van der Waals surface area contributed by atoms with E-state index < -0.39 is 0 Å². The van der Waals surface area contributed by atoms with Gasteiger partial charge in [0.25, 0.3) is 0 Å². The topological polar surface area (TPSA) is 87.0 Å². The van der Waals surface area contributed by atoms with E-state index in [1.165, 1.54) is 14.2 Å². The molecule has 4 rings (SSSR count). The van der Waals surface area contributed by atoms with Crippen LogP contribution in [-0.4, -0.2) is 33.0 Å². The summed E-state index contributed by atoms with van der Waals surface area (Å²) in [4.78, 5) is 25.7. The molecule has 1 aromatic heterocycles. The Morgan fingerprint density at radius 1 is 0.853 bits per heavy atom. The first-order valence-electron chi connectivity index (χ1n) is 10.7. The highest BCUT2D eigenvalue weighted by Gasteiger charge is 2.21. The Kier molecular flexibility index (Phi) is 6.54. The van der Waals surface area contributed by atoms with Crippen molar-refractivity contribution >= 4 is 28.3 Å². The molecule has 1 N–H and O–H groups in total. The average Bonchev–Trinajstić information content (AvgIpc) is 3.19. The fourth-order valence-electron chi connectivity index (χ4n) is 3.76. The molecule has 0 fully saturated rings. The van der Waals surface area contributed by atoms with Gasteiger partial charge in [0, 0.05) is 22.2 Å². The summed E-state index contributed by atoms with van der Waals surface area (Å²) in [5, 5.41) is 3.66. The highest BCUT2D eigenvalue weighted by Crippen LogP contribution is 2.32. The molecule has 0 radical (unpaired) electrons. The summed E-state index contributed by atoms with van der Waals surface area (Å²) in [5.41, 5.74) is 3.19. The number of amides is 1. The van der Waals surface area contributed by atoms with E-state index in [2.05, 4.69) is 5.32 Å². The van der Waals surface area contributed by atoms with Crippen molar-refractivity contribution < 1.29 is 28.2 Å². The Morgan fingerprint density at radius 3 is 2.26 bits per heavy atom. The van der Waals surface area contributed by atoms with Crippen LogP contribution in [0.1, 0.15) is 27.2 Å². The molecular formula is C27H25NO6. The molecule has 174 valence electrons. The van der Waals surface area contributed by atoms with Crippen molar-refractivity contribution in [1.29, 1.82) is 0 Å². The maximum atomic E-state index is 13.1. The predicted octanol–water partition coefficient (Wildman–Crippen LogP) is 5.18. The van der Waals surface area contributed by atoms with Gasteiger partial charge in [-0.2, -0.15) is 0 Å². The lowest BCUT2D eigenvalue weighted by atomic mass is 10.0. The maximum absolute atomic E-state index is 13.1. The summed E-state index contributed by atoms with van der Waals surface area (Å²) >= 11 is 0.